The second-order valence-corrected chi connectivity index (χ2v) is 4.52. The molecule has 1 aromatic rings. The molecule has 0 atom stereocenters. The minimum absolute atomic E-state index is 0.0256. The average Bonchev–Trinajstić information content (AvgIpc) is 2.89. The molecule has 5 heteroatoms. The highest BCUT2D eigenvalue weighted by Crippen LogP contribution is 2.29. The summed E-state index contributed by atoms with van der Waals surface area (Å²) in [5, 5.41) is 9.04. The van der Waals surface area contributed by atoms with Crippen molar-refractivity contribution in [3.8, 4) is 5.88 Å². The molecule has 1 aliphatic carbocycles. The average molecular weight is 250 g/mol. The first-order valence-electron chi connectivity index (χ1n) is 6.19. The van der Waals surface area contributed by atoms with Gasteiger partial charge in [-0.2, -0.15) is 0 Å². The molecule has 1 aliphatic rings. The molecule has 0 saturated heterocycles. The summed E-state index contributed by atoms with van der Waals surface area (Å²) in [5.74, 6) is -0.293. The number of hydrogen-bond acceptors (Lipinski definition) is 4. The number of hydrogen-bond donors (Lipinski definition) is 1. The van der Waals surface area contributed by atoms with Crippen LogP contribution in [0.1, 0.15) is 25.7 Å². The van der Waals surface area contributed by atoms with E-state index in [9.17, 15) is 4.79 Å². The Bertz CT molecular complexity index is 416. The van der Waals surface area contributed by atoms with Crippen molar-refractivity contribution < 1.29 is 14.6 Å². The van der Waals surface area contributed by atoms with Crippen LogP contribution in [0.15, 0.2) is 18.3 Å². The predicted octanol–water partition coefficient (Wildman–Crippen LogP) is 1.92. The molecule has 0 spiro atoms. The van der Waals surface area contributed by atoms with Crippen molar-refractivity contribution in [1.82, 2.24) is 4.98 Å². The normalized spacial score (nSPS) is 15.6. The van der Waals surface area contributed by atoms with Crippen LogP contribution in [0.25, 0.3) is 0 Å². The third-order valence-corrected chi connectivity index (χ3v) is 3.33. The smallest absolute Gasteiger partial charge is 0.323 e. The predicted molar refractivity (Wildman–Crippen MR) is 68.0 cm³/mol. The third kappa shape index (κ3) is 2.91. The maximum atomic E-state index is 11.0. The van der Waals surface area contributed by atoms with Gasteiger partial charge in [0.25, 0.3) is 0 Å². The highest BCUT2D eigenvalue weighted by molar-refractivity contribution is 5.74. The maximum Gasteiger partial charge on any atom is 0.323 e. The van der Waals surface area contributed by atoms with Crippen LogP contribution in [-0.2, 0) is 4.79 Å². The fourth-order valence-electron chi connectivity index (χ4n) is 2.48. The highest BCUT2D eigenvalue weighted by atomic mass is 16.5. The summed E-state index contributed by atoms with van der Waals surface area (Å²) in [7, 11) is 1.56. The number of pyridine rings is 1. The van der Waals surface area contributed by atoms with Gasteiger partial charge in [-0.15, -0.1) is 0 Å². The van der Waals surface area contributed by atoms with Crippen molar-refractivity contribution in [2.75, 3.05) is 18.6 Å². The number of rotatable bonds is 5. The molecule has 1 fully saturated rings. The van der Waals surface area contributed by atoms with Gasteiger partial charge in [-0.3, -0.25) is 4.79 Å². The Kier molecular flexibility index (Phi) is 4.02. The van der Waals surface area contributed by atoms with Crippen molar-refractivity contribution in [2.45, 2.75) is 31.7 Å². The quantitative estimate of drug-likeness (QED) is 0.865. The summed E-state index contributed by atoms with van der Waals surface area (Å²) >= 11 is 0. The molecule has 0 unspecified atom stereocenters. The Labute approximate surface area is 106 Å². The number of carboxylic acids is 1. The lowest BCUT2D eigenvalue weighted by Crippen LogP contribution is -2.37. The van der Waals surface area contributed by atoms with Crippen LogP contribution in [0, 0.1) is 0 Å². The number of ether oxygens (including phenoxy) is 1. The van der Waals surface area contributed by atoms with Crippen molar-refractivity contribution in [3.05, 3.63) is 18.3 Å². The number of aliphatic carboxylic acids is 1. The van der Waals surface area contributed by atoms with Crippen LogP contribution in [0.5, 0.6) is 5.88 Å². The lowest BCUT2D eigenvalue weighted by Gasteiger charge is -2.29. The summed E-state index contributed by atoms with van der Waals surface area (Å²) < 4.78 is 5.09. The molecule has 18 heavy (non-hydrogen) atoms. The second kappa shape index (κ2) is 5.71. The summed E-state index contributed by atoms with van der Waals surface area (Å²) in [5.41, 5.74) is 0.871. The minimum Gasteiger partial charge on any atom is -0.481 e. The molecule has 1 N–H and O–H groups in total. The zero-order chi connectivity index (χ0) is 13.0. The maximum absolute atomic E-state index is 11.0. The van der Waals surface area contributed by atoms with E-state index in [0.717, 1.165) is 18.5 Å². The molecule has 0 radical (unpaired) electrons. The molecule has 5 nitrogen and oxygen atoms in total. The summed E-state index contributed by atoms with van der Waals surface area (Å²) in [6, 6.07) is 3.94. The number of nitrogens with zero attached hydrogens (tertiary/aromatic N) is 2. The van der Waals surface area contributed by atoms with Gasteiger partial charge in [-0.25, -0.2) is 4.98 Å². The minimum atomic E-state index is -0.808. The van der Waals surface area contributed by atoms with E-state index in [4.69, 9.17) is 9.84 Å². The summed E-state index contributed by atoms with van der Waals surface area (Å²) in [6.45, 7) is 0.0256. The molecule has 1 aromatic heterocycles. The van der Waals surface area contributed by atoms with Crippen LogP contribution < -0.4 is 9.64 Å². The fraction of sp³-hybridized carbons (Fsp3) is 0.538. The lowest BCUT2D eigenvalue weighted by molar-refractivity contribution is -0.135. The molecular formula is C13H18N2O3. The Hall–Kier alpha value is -1.78. The standard InChI is InChI=1S/C13H18N2O3/c1-18-12-8-11(6-7-14-12)15(9-13(16)17)10-4-2-3-5-10/h6-8,10H,2-5,9H2,1H3,(H,16,17). The first-order chi connectivity index (χ1) is 8.70. The zero-order valence-corrected chi connectivity index (χ0v) is 10.5. The molecular weight excluding hydrogens is 232 g/mol. The van der Waals surface area contributed by atoms with E-state index in [1.165, 1.54) is 12.8 Å². The molecule has 2 rings (SSSR count). The first-order valence-corrected chi connectivity index (χ1v) is 6.19. The fourth-order valence-corrected chi connectivity index (χ4v) is 2.48. The molecule has 98 valence electrons. The van der Waals surface area contributed by atoms with Crippen molar-refractivity contribution in [1.29, 1.82) is 0 Å². The van der Waals surface area contributed by atoms with E-state index in [1.807, 2.05) is 11.0 Å². The van der Waals surface area contributed by atoms with Gasteiger partial charge in [0.2, 0.25) is 5.88 Å². The van der Waals surface area contributed by atoms with Gasteiger partial charge in [0.05, 0.1) is 7.11 Å². The largest absolute Gasteiger partial charge is 0.481 e. The highest BCUT2D eigenvalue weighted by Gasteiger charge is 2.24. The van der Waals surface area contributed by atoms with E-state index in [1.54, 1.807) is 19.4 Å². The van der Waals surface area contributed by atoms with Gasteiger partial charge in [0.1, 0.15) is 6.54 Å². The van der Waals surface area contributed by atoms with Crippen LogP contribution in [-0.4, -0.2) is 35.8 Å². The molecule has 1 saturated carbocycles. The molecule has 0 bridgehead atoms. The lowest BCUT2D eigenvalue weighted by atomic mass is 10.2. The Morgan fingerprint density at radius 1 is 1.56 bits per heavy atom. The monoisotopic (exact) mass is 250 g/mol. The number of carboxylic acid groups (broad SMARTS) is 1. The Morgan fingerprint density at radius 3 is 2.89 bits per heavy atom. The molecule has 1 heterocycles. The van der Waals surface area contributed by atoms with Crippen LogP contribution in [0.2, 0.25) is 0 Å². The van der Waals surface area contributed by atoms with E-state index in [2.05, 4.69) is 4.98 Å². The first kappa shape index (κ1) is 12.7. The number of aromatic nitrogens is 1. The van der Waals surface area contributed by atoms with Crippen molar-refractivity contribution in [3.63, 3.8) is 0 Å². The van der Waals surface area contributed by atoms with Crippen LogP contribution in [0.4, 0.5) is 5.69 Å². The third-order valence-electron chi connectivity index (χ3n) is 3.33. The Balaban J connectivity index is 2.23. The van der Waals surface area contributed by atoms with Gasteiger partial charge >= 0.3 is 5.97 Å². The summed E-state index contributed by atoms with van der Waals surface area (Å²) in [6.07, 6.45) is 6.10. The van der Waals surface area contributed by atoms with Crippen molar-refractivity contribution >= 4 is 11.7 Å². The van der Waals surface area contributed by atoms with E-state index in [0.29, 0.717) is 11.9 Å². The molecule has 0 amide bonds. The van der Waals surface area contributed by atoms with Gasteiger partial charge in [-0.05, 0) is 18.9 Å². The van der Waals surface area contributed by atoms with Gasteiger partial charge in [-0.1, -0.05) is 12.8 Å². The number of carbonyl (C=O) groups is 1. The van der Waals surface area contributed by atoms with E-state index >= 15 is 0 Å². The van der Waals surface area contributed by atoms with Gasteiger partial charge in [0.15, 0.2) is 0 Å². The molecule has 0 aliphatic heterocycles. The summed E-state index contributed by atoms with van der Waals surface area (Å²) in [4.78, 5) is 17.0. The van der Waals surface area contributed by atoms with Gasteiger partial charge < -0.3 is 14.7 Å². The SMILES string of the molecule is COc1cc(N(CC(=O)O)C2CCCC2)ccn1. The van der Waals surface area contributed by atoms with E-state index in [-0.39, 0.29) is 6.54 Å². The molecule has 0 aromatic carbocycles. The van der Waals surface area contributed by atoms with Crippen molar-refractivity contribution in [2.24, 2.45) is 0 Å². The van der Waals surface area contributed by atoms with Crippen LogP contribution in [0.3, 0.4) is 0 Å². The van der Waals surface area contributed by atoms with Gasteiger partial charge in [0, 0.05) is 24.0 Å². The van der Waals surface area contributed by atoms with Crippen LogP contribution >= 0.6 is 0 Å². The Morgan fingerprint density at radius 2 is 2.28 bits per heavy atom. The number of methoxy groups -OCH3 is 1. The topological polar surface area (TPSA) is 62.7 Å². The second-order valence-electron chi connectivity index (χ2n) is 4.52. The zero-order valence-electron chi connectivity index (χ0n) is 10.5. The number of anilines is 1. The van der Waals surface area contributed by atoms with E-state index < -0.39 is 5.97 Å².